The number of nitrogens with zero attached hydrogens (tertiary/aromatic N) is 6. The van der Waals surface area contributed by atoms with Crippen LogP contribution in [0.25, 0.3) is 38.1 Å². The smallest absolute Gasteiger partial charge is 0.124 e. The second-order valence-corrected chi connectivity index (χ2v) is 10.3. The number of para-hydroxylation sites is 1. The van der Waals surface area contributed by atoms with Crippen LogP contribution in [0.2, 0.25) is 5.02 Å². The van der Waals surface area contributed by atoms with Crippen LogP contribution >= 0.6 is 22.9 Å². The third-order valence-corrected chi connectivity index (χ3v) is 7.58. The Morgan fingerprint density at radius 1 is 0.865 bits per heavy atom. The number of halogens is 1. The van der Waals surface area contributed by atoms with Gasteiger partial charge in [0.15, 0.2) is 0 Å². The highest BCUT2D eigenvalue weighted by Gasteiger charge is 2.22. The van der Waals surface area contributed by atoms with E-state index in [2.05, 4.69) is 41.5 Å². The van der Waals surface area contributed by atoms with Crippen molar-refractivity contribution in [2.75, 3.05) is 0 Å². The van der Waals surface area contributed by atoms with Gasteiger partial charge in [-0.05, 0) is 43.7 Å². The largest absolute Gasteiger partial charge is 0.247 e. The summed E-state index contributed by atoms with van der Waals surface area (Å²) in [7, 11) is 0. The number of rotatable bonds is 6. The number of benzene rings is 3. The zero-order valence-electron chi connectivity index (χ0n) is 20.3. The number of hydrogen-bond acceptors (Lipinski definition) is 5. The minimum Gasteiger partial charge on any atom is -0.247 e. The van der Waals surface area contributed by atoms with Gasteiger partial charge in [0.1, 0.15) is 16.4 Å². The average molecular weight is 523 g/mol. The van der Waals surface area contributed by atoms with Crippen molar-refractivity contribution in [2.45, 2.75) is 20.4 Å². The fraction of sp³-hybridized carbons (Fsp3) is 0.103. The standard InChI is InChI=1S/C29H23ClN6S/c1-19-8-10-21(11-9-19)16-35-18-26(32-34-35)25-17-36(24-6-4-3-5-7-24)33-27(25)28-20(2)31-29(37-28)22-12-14-23(30)15-13-22/h3-15,17-18H,16H2,1-2H3. The molecule has 0 N–H and O–H groups in total. The highest BCUT2D eigenvalue weighted by Crippen LogP contribution is 2.39. The molecule has 0 atom stereocenters. The third-order valence-electron chi connectivity index (χ3n) is 6.12. The van der Waals surface area contributed by atoms with Crippen LogP contribution in [0.15, 0.2) is 91.3 Å². The third kappa shape index (κ3) is 4.83. The van der Waals surface area contributed by atoms with E-state index in [-0.39, 0.29) is 0 Å². The number of thiazole rings is 1. The van der Waals surface area contributed by atoms with Crippen LogP contribution < -0.4 is 0 Å². The highest BCUT2D eigenvalue weighted by molar-refractivity contribution is 7.18. The first-order valence-corrected chi connectivity index (χ1v) is 13.1. The van der Waals surface area contributed by atoms with Crippen LogP contribution in [0.4, 0.5) is 0 Å². The Morgan fingerprint density at radius 2 is 1.62 bits per heavy atom. The molecule has 6 rings (SSSR count). The van der Waals surface area contributed by atoms with Crippen molar-refractivity contribution in [3.8, 4) is 38.1 Å². The Morgan fingerprint density at radius 3 is 2.38 bits per heavy atom. The molecule has 6 nitrogen and oxygen atoms in total. The lowest BCUT2D eigenvalue weighted by Gasteiger charge is -2.01. The molecule has 0 saturated carbocycles. The van der Waals surface area contributed by atoms with Crippen LogP contribution in [-0.2, 0) is 6.54 Å². The van der Waals surface area contributed by atoms with E-state index in [1.807, 2.05) is 83.3 Å². The van der Waals surface area contributed by atoms with Gasteiger partial charge in [0.2, 0.25) is 0 Å². The molecule has 0 radical (unpaired) electrons. The van der Waals surface area contributed by atoms with Gasteiger partial charge in [-0.15, -0.1) is 16.4 Å². The lowest BCUT2D eigenvalue weighted by atomic mass is 10.1. The van der Waals surface area contributed by atoms with E-state index in [0.717, 1.165) is 43.8 Å². The summed E-state index contributed by atoms with van der Waals surface area (Å²) < 4.78 is 3.76. The maximum atomic E-state index is 6.10. The van der Waals surface area contributed by atoms with Gasteiger partial charge < -0.3 is 0 Å². The van der Waals surface area contributed by atoms with E-state index >= 15 is 0 Å². The van der Waals surface area contributed by atoms with E-state index in [0.29, 0.717) is 11.6 Å². The lowest BCUT2D eigenvalue weighted by Crippen LogP contribution is -2.00. The molecule has 8 heteroatoms. The fourth-order valence-corrected chi connectivity index (χ4v) is 5.35. The summed E-state index contributed by atoms with van der Waals surface area (Å²) in [5.41, 5.74) is 7.84. The summed E-state index contributed by atoms with van der Waals surface area (Å²) in [4.78, 5) is 5.86. The maximum Gasteiger partial charge on any atom is 0.124 e. The molecule has 0 aliphatic carbocycles. The van der Waals surface area contributed by atoms with E-state index in [1.54, 1.807) is 11.3 Å². The molecule has 0 bridgehead atoms. The number of aryl methyl sites for hydroxylation is 2. The second kappa shape index (κ2) is 9.76. The molecule has 0 saturated heterocycles. The van der Waals surface area contributed by atoms with E-state index < -0.39 is 0 Å². The molecule has 0 amide bonds. The number of aromatic nitrogens is 6. The molecule has 3 aromatic heterocycles. The molecular formula is C29H23ClN6S. The van der Waals surface area contributed by atoms with Crippen LogP contribution in [0, 0.1) is 13.8 Å². The lowest BCUT2D eigenvalue weighted by molar-refractivity contribution is 0.649. The predicted molar refractivity (Wildman–Crippen MR) is 149 cm³/mol. The van der Waals surface area contributed by atoms with Gasteiger partial charge in [-0.1, -0.05) is 77.0 Å². The van der Waals surface area contributed by atoms with E-state index in [4.69, 9.17) is 21.7 Å². The molecule has 0 aliphatic rings. The second-order valence-electron chi connectivity index (χ2n) is 8.90. The Labute approximate surface area is 223 Å². The van der Waals surface area contributed by atoms with Crippen LogP contribution in [0.5, 0.6) is 0 Å². The molecule has 0 spiro atoms. The van der Waals surface area contributed by atoms with Gasteiger partial charge in [-0.25, -0.2) is 14.3 Å². The van der Waals surface area contributed by atoms with Gasteiger partial charge >= 0.3 is 0 Å². The molecule has 6 aromatic rings. The molecule has 0 unspecified atom stereocenters. The summed E-state index contributed by atoms with van der Waals surface area (Å²) >= 11 is 7.71. The maximum absolute atomic E-state index is 6.10. The Kier molecular flexibility index (Phi) is 6.16. The van der Waals surface area contributed by atoms with Crippen molar-refractivity contribution in [3.63, 3.8) is 0 Å². The van der Waals surface area contributed by atoms with Gasteiger partial charge in [0, 0.05) is 16.8 Å². The van der Waals surface area contributed by atoms with Crippen molar-refractivity contribution in [1.82, 2.24) is 29.8 Å². The predicted octanol–water partition coefficient (Wildman–Crippen LogP) is 7.24. The molecule has 182 valence electrons. The van der Waals surface area contributed by atoms with Crippen molar-refractivity contribution in [2.24, 2.45) is 0 Å². The first-order chi connectivity index (χ1) is 18.0. The summed E-state index contributed by atoms with van der Waals surface area (Å²) in [5, 5.41) is 15.6. The van der Waals surface area contributed by atoms with Crippen LogP contribution in [-0.4, -0.2) is 29.8 Å². The normalized spacial score (nSPS) is 11.2. The summed E-state index contributed by atoms with van der Waals surface area (Å²) in [5.74, 6) is 0. The van der Waals surface area contributed by atoms with Crippen molar-refractivity contribution in [1.29, 1.82) is 0 Å². The first kappa shape index (κ1) is 23.3. The minimum absolute atomic E-state index is 0.649. The van der Waals surface area contributed by atoms with Crippen LogP contribution in [0.3, 0.4) is 0 Å². The number of hydrogen-bond donors (Lipinski definition) is 0. The van der Waals surface area contributed by atoms with Gasteiger partial charge in [-0.2, -0.15) is 5.10 Å². The van der Waals surface area contributed by atoms with Crippen molar-refractivity contribution >= 4 is 22.9 Å². The van der Waals surface area contributed by atoms with E-state index in [1.165, 1.54) is 11.1 Å². The zero-order chi connectivity index (χ0) is 25.4. The van der Waals surface area contributed by atoms with E-state index in [9.17, 15) is 0 Å². The van der Waals surface area contributed by atoms with Gasteiger partial charge in [0.25, 0.3) is 0 Å². The summed E-state index contributed by atoms with van der Waals surface area (Å²) in [6, 6.07) is 26.3. The summed E-state index contributed by atoms with van der Waals surface area (Å²) in [6.07, 6.45) is 4.00. The molecule has 0 aliphatic heterocycles. The van der Waals surface area contributed by atoms with Crippen molar-refractivity contribution in [3.05, 3.63) is 113 Å². The topological polar surface area (TPSA) is 61.4 Å². The minimum atomic E-state index is 0.649. The van der Waals surface area contributed by atoms with Crippen LogP contribution in [0.1, 0.15) is 16.8 Å². The SMILES string of the molecule is Cc1ccc(Cn2cc(-c3cn(-c4ccccc4)nc3-c3sc(-c4ccc(Cl)cc4)nc3C)nn2)cc1. The monoisotopic (exact) mass is 522 g/mol. The summed E-state index contributed by atoms with van der Waals surface area (Å²) in [6.45, 7) is 4.75. The van der Waals surface area contributed by atoms with Gasteiger partial charge in [0.05, 0.1) is 34.6 Å². The Hall–Kier alpha value is -4.07. The quantitative estimate of drug-likeness (QED) is 0.231. The van der Waals surface area contributed by atoms with Gasteiger partial charge in [-0.3, -0.25) is 0 Å². The molecule has 3 heterocycles. The first-order valence-electron chi connectivity index (χ1n) is 11.9. The van der Waals surface area contributed by atoms with Crippen molar-refractivity contribution < 1.29 is 0 Å². The zero-order valence-corrected chi connectivity index (χ0v) is 21.9. The fourth-order valence-electron chi connectivity index (χ4n) is 4.15. The average Bonchev–Trinajstić information content (AvgIpc) is 3.65. The molecule has 3 aromatic carbocycles. The molecular weight excluding hydrogens is 500 g/mol. The molecule has 37 heavy (non-hydrogen) atoms. The molecule has 0 fully saturated rings. The Balaban J connectivity index is 1.42. The Bertz CT molecular complexity index is 1660. The highest BCUT2D eigenvalue weighted by atomic mass is 35.5.